The van der Waals surface area contributed by atoms with Crippen LogP contribution in [0.25, 0.3) is 0 Å². The molecule has 2 rings (SSSR count). The minimum Gasteiger partial charge on any atom is -0.466 e. The van der Waals surface area contributed by atoms with Crippen molar-refractivity contribution in [3.63, 3.8) is 0 Å². The van der Waals surface area contributed by atoms with E-state index in [-0.39, 0.29) is 42.8 Å². The molecule has 31 heavy (non-hydrogen) atoms. The number of hydrogen-bond acceptors (Lipinski definition) is 5. The van der Waals surface area contributed by atoms with Crippen LogP contribution in [0.3, 0.4) is 0 Å². The number of fused-ring (bicyclic) bond motifs is 1. The number of allylic oxidation sites excluding steroid dienone is 1. The van der Waals surface area contributed by atoms with E-state index in [4.69, 9.17) is 4.74 Å². The van der Waals surface area contributed by atoms with Crippen molar-refractivity contribution in [3.05, 3.63) is 12.2 Å². The van der Waals surface area contributed by atoms with E-state index in [9.17, 15) is 19.5 Å². The summed E-state index contributed by atoms with van der Waals surface area (Å²) in [4.78, 5) is 41.5. The first kappa shape index (κ1) is 25.4. The zero-order valence-electron chi connectivity index (χ0n) is 19.7. The zero-order chi connectivity index (χ0) is 23.1. The molecule has 0 aromatic rings. The summed E-state index contributed by atoms with van der Waals surface area (Å²) in [6.45, 7) is 10.3. The molecule has 7 nitrogen and oxygen atoms in total. The zero-order valence-corrected chi connectivity index (χ0v) is 19.7. The van der Waals surface area contributed by atoms with E-state index in [1.54, 1.807) is 11.8 Å². The van der Waals surface area contributed by atoms with Gasteiger partial charge in [0.2, 0.25) is 11.8 Å². The van der Waals surface area contributed by atoms with E-state index in [1.165, 1.54) is 0 Å². The third-order valence-corrected chi connectivity index (χ3v) is 6.64. The molecule has 1 aliphatic heterocycles. The van der Waals surface area contributed by atoms with Crippen molar-refractivity contribution in [2.24, 2.45) is 29.6 Å². The molecule has 1 fully saturated rings. The predicted molar refractivity (Wildman–Crippen MR) is 119 cm³/mol. The number of rotatable bonds is 11. The van der Waals surface area contributed by atoms with Gasteiger partial charge in [-0.05, 0) is 31.6 Å². The standard InChI is InChI=1S/C24H40N2O5/c1-6-9-13-25-22(28)21-17-12-11-16(10-7-2)19(24(30)31-8-3)20(17)23(29)26(21)18(14-27)15(4)5/h11-12,15-21,27H,6-10,13-14H2,1-5H3,(H,25,28)/t16-,17+,18+,19-,20+,21+/m1/s1. The Morgan fingerprint density at radius 1 is 1.19 bits per heavy atom. The summed E-state index contributed by atoms with van der Waals surface area (Å²) >= 11 is 0. The maximum atomic E-state index is 13.8. The highest BCUT2D eigenvalue weighted by Crippen LogP contribution is 2.46. The Kier molecular flexibility index (Phi) is 9.54. The monoisotopic (exact) mass is 436 g/mol. The number of unbranched alkanes of at least 4 members (excludes halogenated alkanes) is 1. The normalized spacial score (nSPS) is 28.5. The van der Waals surface area contributed by atoms with Gasteiger partial charge in [-0.3, -0.25) is 14.4 Å². The lowest BCUT2D eigenvalue weighted by Gasteiger charge is -2.35. The minimum atomic E-state index is -0.732. The average molecular weight is 437 g/mol. The average Bonchev–Trinajstić information content (AvgIpc) is 3.01. The minimum absolute atomic E-state index is 0.0310. The summed E-state index contributed by atoms with van der Waals surface area (Å²) in [5.41, 5.74) is 0. The maximum absolute atomic E-state index is 13.8. The van der Waals surface area contributed by atoms with Crippen molar-refractivity contribution in [3.8, 4) is 0 Å². The summed E-state index contributed by atoms with van der Waals surface area (Å²) in [5, 5.41) is 13.1. The molecule has 2 N–H and O–H groups in total. The first-order valence-corrected chi connectivity index (χ1v) is 11.9. The molecule has 7 heteroatoms. The second-order valence-electron chi connectivity index (χ2n) is 9.05. The molecule has 0 aromatic carbocycles. The van der Waals surface area contributed by atoms with Crippen molar-refractivity contribution in [2.75, 3.05) is 19.8 Å². The van der Waals surface area contributed by atoms with Crippen molar-refractivity contribution >= 4 is 17.8 Å². The third-order valence-electron chi connectivity index (χ3n) is 6.64. The molecule has 1 saturated heterocycles. The number of nitrogens with zero attached hydrogens (tertiary/aromatic N) is 1. The van der Waals surface area contributed by atoms with E-state index in [0.29, 0.717) is 6.54 Å². The molecule has 0 radical (unpaired) electrons. The first-order valence-electron chi connectivity index (χ1n) is 11.9. The molecule has 2 amide bonds. The van der Waals surface area contributed by atoms with Crippen LogP contribution in [-0.2, 0) is 19.1 Å². The molecular formula is C24H40N2O5. The Morgan fingerprint density at radius 3 is 2.45 bits per heavy atom. The van der Waals surface area contributed by atoms with Crippen LogP contribution < -0.4 is 5.32 Å². The van der Waals surface area contributed by atoms with E-state index in [2.05, 4.69) is 19.2 Å². The fraction of sp³-hybridized carbons (Fsp3) is 0.792. The Hall–Kier alpha value is -1.89. The third kappa shape index (κ3) is 5.30. The van der Waals surface area contributed by atoms with Crippen molar-refractivity contribution < 1.29 is 24.2 Å². The molecule has 6 atom stereocenters. The van der Waals surface area contributed by atoms with Gasteiger partial charge in [-0.25, -0.2) is 0 Å². The van der Waals surface area contributed by atoms with Crippen molar-refractivity contribution in [2.45, 2.75) is 72.4 Å². The first-order chi connectivity index (χ1) is 14.8. The lowest BCUT2D eigenvalue weighted by atomic mass is 9.69. The van der Waals surface area contributed by atoms with Gasteiger partial charge >= 0.3 is 5.97 Å². The number of amides is 2. The van der Waals surface area contributed by atoms with Gasteiger partial charge in [0.1, 0.15) is 6.04 Å². The van der Waals surface area contributed by atoms with Crippen LogP contribution in [0.5, 0.6) is 0 Å². The van der Waals surface area contributed by atoms with Crippen LogP contribution in [0.4, 0.5) is 0 Å². The summed E-state index contributed by atoms with van der Waals surface area (Å²) in [6, 6.07) is -1.22. The largest absolute Gasteiger partial charge is 0.466 e. The van der Waals surface area contributed by atoms with E-state index >= 15 is 0 Å². The van der Waals surface area contributed by atoms with E-state index in [0.717, 1.165) is 25.7 Å². The van der Waals surface area contributed by atoms with E-state index < -0.39 is 29.8 Å². The Morgan fingerprint density at radius 2 is 1.90 bits per heavy atom. The summed E-state index contributed by atoms with van der Waals surface area (Å²) in [6.07, 6.45) is 7.42. The second-order valence-corrected chi connectivity index (χ2v) is 9.05. The predicted octanol–water partition coefficient (Wildman–Crippen LogP) is 2.53. The highest BCUT2D eigenvalue weighted by atomic mass is 16.5. The van der Waals surface area contributed by atoms with Gasteiger partial charge in [0.05, 0.1) is 31.1 Å². The van der Waals surface area contributed by atoms with Gasteiger partial charge in [0.25, 0.3) is 0 Å². The number of hydrogen-bond donors (Lipinski definition) is 2. The highest BCUT2D eigenvalue weighted by Gasteiger charge is 2.59. The Balaban J connectivity index is 2.49. The molecule has 176 valence electrons. The van der Waals surface area contributed by atoms with E-state index in [1.807, 2.05) is 26.0 Å². The molecule has 0 unspecified atom stereocenters. The Bertz CT molecular complexity index is 662. The summed E-state index contributed by atoms with van der Waals surface area (Å²) in [7, 11) is 0. The summed E-state index contributed by atoms with van der Waals surface area (Å²) in [5.74, 6) is -2.59. The van der Waals surface area contributed by atoms with Gasteiger partial charge in [-0.15, -0.1) is 0 Å². The molecule has 0 aromatic heterocycles. The molecule has 1 aliphatic carbocycles. The molecular weight excluding hydrogens is 396 g/mol. The molecule has 0 spiro atoms. The number of likely N-dealkylation sites (tertiary alicyclic amines) is 1. The quantitative estimate of drug-likeness (QED) is 0.295. The van der Waals surface area contributed by atoms with Gasteiger partial charge in [0.15, 0.2) is 0 Å². The van der Waals surface area contributed by atoms with Crippen molar-refractivity contribution in [1.29, 1.82) is 0 Å². The number of aliphatic hydroxyl groups excluding tert-OH is 1. The SMILES string of the molecule is CCCCNC(=O)[C@@H]1[C@H]2C=C[C@@H](CCC)[C@@H](C(=O)OCC)[C@H]2C(=O)N1[C@@H](CO)C(C)C. The number of carbonyl (C=O) groups excluding carboxylic acids is 3. The van der Waals surface area contributed by atoms with Crippen LogP contribution in [0.1, 0.15) is 60.3 Å². The lowest BCUT2D eigenvalue weighted by molar-refractivity contribution is -0.156. The van der Waals surface area contributed by atoms with Crippen molar-refractivity contribution in [1.82, 2.24) is 10.2 Å². The van der Waals surface area contributed by atoms with Gasteiger partial charge < -0.3 is 20.1 Å². The maximum Gasteiger partial charge on any atom is 0.310 e. The van der Waals surface area contributed by atoms with Crippen LogP contribution in [0, 0.1) is 29.6 Å². The number of esters is 1. The summed E-state index contributed by atoms with van der Waals surface area (Å²) < 4.78 is 5.37. The molecule has 1 heterocycles. The van der Waals surface area contributed by atoms with Crippen LogP contribution in [0.2, 0.25) is 0 Å². The topological polar surface area (TPSA) is 95.9 Å². The number of carbonyl (C=O) groups is 3. The lowest BCUT2D eigenvalue weighted by Crippen LogP contribution is -2.54. The molecule has 0 saturated carbocycles. The highest BCUT2D eigenvalue weighted by molar-refractivity contribution is 5.96. The van der Waals surface area contributed by atoms with Crippen LogP contribution in [0.15, 0.2) is 12.2 Å². The smallest absolute Gasteiger partial charge is 0.310 e. The molecule has 2 aliphatic rings. The number of nitrogens with one attached hydrogen (secondary N) is 1. The van der Waals surface area contributed by atoms with Gasteiger partial charge in [0, 0.05) is 12.5 Å². The number of ether oxygens (including phenoxy) is 1. The second kappa shape index (κ2) is 11.7. The number of aliphatic hydroxyl groups is 1. The van der Waals surface area contributed by atoms with Crippen LogP contribution in [-0.4, -0.2) is 59.6 Å². The van der Waals surface area contributed by atoms with Gasteiger partial charge in [-0.1, -0.05) is 52.7 Å². The fourth-order valence-electron chi connectivity index (χ4n) is 5.08. The van der Waals surface area contributed by atoms with Gasteiger partial charge in [-0.2, -0.15) is 0 Å². The molecule has 0 bridgehead atoms. The van der Waals surface area contributed by atoms with Crippen LogP contribution >= 0.6 is 0 Å². The Labute approximate surface area is 186 Å². The fourth-order valence-corrected chi connectivity index (χ4v) is 5.08.